The van der Waals surface area contributed by atoms with E-state index in [4.69, 9.17) is 16.1 Å². The number of nitrogens with one attached hydrogen (secondary N) is 1. The van der Waals surface area contributed by atoms with Gasteiger partial charge in [-0.3, -0.25) is 4.99 Å². The number of aromatic nitrogens is 1. The number of nitrogens with zero attached hydrogens (tertiary/aromatic N) is 2. The molecule has 4 heteroatoms. The second kappa shape index (κ2) is 8.94. The molecular formula is C23H30N4. The lowest BCUT2D eigenvalue weighted by Gasteiger charge is -2.23. The van der Waals surface area contributed by atoms with Gasteiger partial charge in [0.15, 0.2) is 0 Å². The maximum Gasteiger partial charge on any atom is 0.0774 e. The van der Waals surface area contributed by atoms with E-state index < -0.39 is 0 Å². The zero-order chi connectivity index (χ0) is 19.2. The van der Waals surface area contributed by atoms with E-state index in [-0.39, 0.29) is 0 Å². The monoisotopic (exact) mass is 362 g/mol. The molecule has 3 N–H and O–H groups in total. The smallest absolute Gasteiger partial charge is 0.0774 e. The fourth-order valence-electron chi connectivity index (χ4n) is 3.98. The van der Waals surface area contributed by atoms with Crippen molar-refractivity contribution in [2.24, 2.45) is 10.7 Å². The maximum absolute atomic E-state index is 7.90. The summed E-state index contributed by atoms with van der Waals surface area (Å²) in [5.74, 6) is 0. The van der Waals surface area contributed by atoms with Gasteiger partial charge in [-0.2, -0.15) is 0 Å². The van der Waals surface area contributed by atoms with Crippen LogP contribution in [-0.4, -0.2) is 24.0 Å². The number of aliphatic imine (C=N–C) groups is 1. The number of hydrogen-bond donors (Lipinski definition) is 2. The molecule has 0 bridgehead atoms. The Balaban J connectivity index is 2.11. The highest BCUT2D eigenvalue weighted by molar-refractivity contribution is 6.11. The van der Waals surface area contributed by atoms with E-state index >= 15 is 0 Å². The van der Waals surface area contributed by atoms with Crippen LogP contribution in [0.25, 0.3) is 16.5 Å². The molecule has 0 amide bonds. The fraction of sp³-hybridized carbons (Fsp3) is 0.435. The first-order chi connectivity index (χ1) is 13.2. The van der Waals surface area contributed by atoms with Gasteiger partial charge in [0, 0.05) is 41.7 Å². The van der Waals surface area contributed by atoms with Gasteiger partial charge in [0.1, 0.15) is 0 Å². The molecule has 1 aliphatic rings. The first kappa shape index (κ1) is 19.3. The minimum Gasteiger partial charge on any atom is -0.404 e. The standard InChI is InChI=1S/C23H30N4/c1-3-4-7-12-26-15-17(13-24)23-19-9-6-5-8-18(19)22-20(14-25)16(2)10-11-21(22)27-23/h10-11,13-15,25H,3-9,12,24H2,1-2H3/b17-13+,25-14?,26-15?. The van der Waals surface area contributed by atoms with Crippen molar-refractivity contribution in [3.8, 4) is 0 Å². The molecule has 0 fully saturated rings. The van der Waals surface area contributed by atoms with Crippen LogP contribution in [0.5, 0.6) is 0 Å². The number of fused-ring (bicyclic) bond motifs is 3. The zero-order valence-corrected chi connectivity index (χ0v) is 16.5. The van der Waals surface area contributed by atoms with Crippen molar-refractivity contribution in [3.63, 3.8) is 0 Å². The molecule has 0 saturated heterocycles. The quantitative estimate of drug-likeness (QED) is 0.538. The second-order valence-corrected chi connectivity index (χ2v) is 7.32. The van der Waals surface area contributed by atoms with Crippen molar-refractivity contribution in [1.82, 2.24) is 4.98 Å². The molecule has 1 aromatic carbocycles. The molecule has 0 atom stereocenters. The van der Waals surface area contributed by atoms with Gasteiger partial charge in [-0.1, -0.05) is 25.8 Å². The van der Waals surface area contributed by atoms with E-state index in [1.54, 1.807) is 6.20 Å². The number of pyridine rings is 1. The minimum atomic E-state index is 0.831. The molecule has 1 aromatic heterocycles. The van der Waals surface area contributed by atoms with Crippen LogP contribution in [0.4, 0.5) is 0 Å². The summed E-state index contributed by atoms with van der Waals surface area (Å²) in [7, 11) is 0. The number of rotatable bonds is 7. The maximum atomic E-state index is 7.90. The predicted molar refractivity (Wildman–Crippen MR) is 116 cm³/mol. The normalized spacial score (nSPS) is 14.7. The Kier molecular flexibility index (Phi) is 6.38. The third-order valence-electron chi connectivity index (χ3n) is 5.45. The molecular weight excluding hydrogens is 332 g/mol. The molecule has 1 heterocycles. The molecule has 0 radical (unpaired) electrons. The number of unbranched alkanes of at least 4 members (excludes halogenated alkanes) is 2. The number of benzene rings is 1. The highest BCUT2D eigenvalue weighted by atomic mass is 14.7. The van der Waals surface area contributed by atoms with E-state index in [0.717, 1.165) is 59.1 Å². The summed E-state index contributed by atoms with van der Waals surface area (Å²) in [6, 6.07) is 4.13. The van der Waals surface area contributed by atoms with Crippen LogP contribution in [0.1, 0.15) is 67.0 Å². The number of nitrogens with two attached hydrogens (primary N) is 1. The van der Waals surface area contributed by atoms with Gasteiger partial charge in [-0.25, -0.2) is 4.98 Å². The summed E-state index contributed by atoms with van der Waals surface area (Å²) < 4.78 is 0. The summed E-state index contributed by atoms with van der Waals surface area (Å²) >= 11 is 0. The van der Waals surface area contributed by atoms with Crippen LogP contribution in [0.3, 0.4) is 0 Å². The van der Waals surface area contributed by atoms with Crippen molar-refractivity contribution in [2.75, 3.05) is 6.54 Å². The lowest BCUT2D eigenvalue weighted by Crippen LogP contribution is -2.12. The highest BCUT2D eigenvalue weighted by Gasteiger charge is 2.21. The van der Waals surface area contributed by atoms with Gasteiger partial charge in [-0.15, -0.1) is 0 Å². The van der Waals surface area contributed by atoms with Crippen LogP contribution < -0.4 is 5.73 Å². The van der Waals surface area contributed by atoms with Crippen molar-refractivity contribution in [3.05, 3.63) is 46.3 Å². The molecule has 27 heavy (non-hydrogen) atoms. The molecule has 0 aliphatic heterocycles. The van der Waals surface area contributed by atoms with E-state index in [2.05, 4.69) is 31.0 Å². The van der Waals surface area contributed by atoms with E-state index in [0.29, 0.717) is 0 Å². The Morgan fingerprint density at radius 1 is 1.22 bits per heavy atom. The molecule has 1 aliphatic carbocycles. The SMILES string of the molecule is CCCCCN=C/C(=C\N)c1nc2ccc(C)c(C=N)c2c2c1CCCC2. The van der Waals surface area contributed by atoms with Crippen LogP contribution in [-0.2, 0) is 12.8 Å². The number of allylic oxidation sites excluding steroid dienone is 1. The van der Waals surface area contributed by atoms with Crippen LogP contribution >= 0.6 is 0 Å². The van der Waals surface area contributed by atoms with Crippen LogP contribution in [0.2, 0.25) is 0 Å². The lowest BCUT2D eigenvalue weighted by atomic mass is 9.84. The van der Waals surface area contributed by atoms with Crippen molar-refractivity contribution in [1.29, 1.82) is 5.41 Å². The third kappa shape index (κ3) is 3.95. The van der Waals surface area contributed by atoms with Gasteiger partial charge in [-0.05, 0) is 61.8 Å². The Morgan fingerprint density at radius 2 is 2.00 bits per heavy atom. The summed E-state index contributed by atoms with van der Waals surface area (Å²) in [6.07, 6.45) is 12.9. The average Bonchev–Trinajstić information content (AvgIpc) is 2.70. The van der Waals surface area contributed by atoms with Gasteiger partial charge in [0.2, 0.25) is 0 Å². The zero-order valence-electron chi connectivity index (χ0n) is 16.5. The molecule has 3 rings (SSSR count). The van der Waals surface area contributed by atoms with Crippen molar-refractivity contribution in [2.45, 2.75) is 58.8 Å². The van der Waals surface area contributed by atoms with Gasteiger partial charge < -0.3 is 11.1 Å². The topological polar surface area (TPSA) is 75.1 Å². The first-order valence-corrected chi connectivity index (χ1v) is 10.1. The van der Waals surface area contributed by atoms with Crippen LogP contribution in [0, 0.1) is 12.3 Å². The highest BCUT2D eigenvalue weighted by Crippen LogP contribution is 2.34. The van der Waals surface area contributed by atoms with E-state index in [1.165, 1.54) is 43.0 Å². The van der Waals surface area contributed by atoms with E-state index in [9.17, 15) is 0 Å². The third-order valence-corrected chi connectivity index (χ3v) is 5.45. The Morgan fingerprint density at radius 3 is 2.70 bits per heavy atom. The molecule has 2 aromatic rings. The van der Waals surface area contributed by atoms with Gasteiger partial charge in [0.25, 0.3) is 0 Å². The molecule has 4 nitrogen and oxygen atoms in total. The van der Waals surface area contributed by atoms with Crippen molar-refractivity contribution >= 4 is 28.9 Å². The summed E-state index contributed by atoms with van der Waals surface area (Å²) in [4.78, 5) is 9.57. The number of aryl methyl sites for hydroxylation is 2. The molecule has 0 unspecified atom stereocenters. The Labute approximate surface area is 162 Å². The lowest BCUT2D eigenvalue weighted by molar-refractivity contribution is 0.686. The molecule has 142 valence electrons. The largest absolute Gasteiger partial charge is 0.404 e. The minimum absolute atomic E-state index is 0.831. The first-order valence-electron chi connectivity index (χ1n) is 10.1. The molecule has 0 saturated carbocycles. The Hall–Kier alpha value is -2.49. The van der Waals surface area contributed by atoms with Crippen LogP contribution in [0.15, 0.2) is 23.3 Å². The van der Waals surface area contributed by atoms with Gasteiger partial charge in [0.05, 0.1) is 11.2 Å². The predicted octanol–water partition coefficient (Wildman–Crippen LogP) is 4.98. The van der Waals surface area contributed by atoms with E-state index in [1.807, 2.05) is 6.21 Å². The average molecular weight is 363 g/mol. The Bertz CT molecular complexity index is 893. The molecule has 0 spiro atoms. The van der Waals surface area contributed by atoms with Gasteiger partial charge >= 0.3 is 0 Å². The summed E-state index contributed by atoms with van der Waals surface area (Å²) in [6.45, 7) is 5.10. The number of hydrogen-bond acceptors (Lipinski definition) is 4. The summed E-state index contributed by atoms with van der Waals surface area (Å²) in [5, 5.41) is 9.05. The fourth-order valence-corrected chi connectivity index (χ4v) is 3.98. The second-order valence-electron chi connectivity index (χ2n) is 7.32. The van der Waals surface area contributed by atoms with Crippen molar-refractivity contribution < 1.29 is 0 Å². The summed E-state index contributed by atoms with van der Waals surface area (Å²) in [5.41, 5.74) is 13.6.